The summed E-state index contributed by atoms with van der Waals surface area (Å²) in [5.74, 6) is 2.57. The summed E-state index contributed by atoms with van der Waals surface area (Å²) in [5.41, 5.74) is 0.477. The van der Waals surface area contributed by atoms with Crippen molar-refractivity contribution in [1.82, 2.24) is 0 Å². The van der Waals surface area contributed by atoms with E-state index >= 15 is 0 Å². The predicted molar refractivity (Wildman–Crippen MR) is 61.9 cm³/mol. The molecule has 0 N–H and O–H groups in total. The predicted octanol–water partition coefficient (Wildman–Crippen LogP) is 4.74. The first kappa shape index (κ1) is 13.0. The van der Waals surface area contributed by atoms with Crippen LogP contribution in [0.4, 0.5) is 0 Å². The van der Waals surface area contributed by atoms with Gasteiger partial charge in [-0.15, -0.1) is 0 Å². The van der Waals surface area contributed by atoms with E-state index in [9.17, 15) is 0 Å². The molecule has 0 spiro atoms. The first-order valence-electron chi connectivity index (χ1n) is 5.73. The fourth-order valence-corrected chi connectivity index (χ4v) is 1.86. The van der Waals surface area contributed by atoms with Crippen molar-refractivity contribution in [2.24, 2.45) is 23.2 Å². The van der Waals surface area contributed by atoms with E-state index < -0.39 is 0 Å². The van der Waals surface area contributed by atoms with Gasteiger partial charge in [-0.05, 0) is 36.0 Å². The Morgan fingerprint density at radius 1 is 0.846 bits per heavy atom. The molecule has 0 rings (SSSR count). The largest absolute Gasteiger partial charge is 0.0628 e. The van der Waals surface area contributed by atoms with Crippen LogP contribution >= 0.6 is 0 Å². The summed E-state index contributed by atoms with van der Waals surface area (Å²) in [7, 11) is 0. The summed E-state index contributed by atoms with van der Waals surface area (Å²) in [4.78, 5) is 0. The van der Waals surface area contributed by atoms with Crippen molar-refractivity contribution in [3.05, 3.63) is 0 Å². The third-order valence-corrected chi connectivity index (χ3v) is 3.11. The highest BCUT2D eigenvalue weighted by Crippen LogP contribution is 2.32. The van der Waals surface area contributed by atoms with Gasteiger partial charge in [-0.2, -0.15) is 0 Å². The van der Waals surface area contributed by atoms with Gasteiger partial charge in [-0.1, -0.05) is 48.5 Å². The van der Waals surface area contributed by atoms with Crippen LogP contribution in [0.25, 0.3) is 0 Å². The molecule has 80 valence electrons. The molecule has 0 aromatic rings. The highest BCUT2D eigenvalue weighted by molar-refractivity contribution is 4.72. The van der Waals surface area contributed by atoms with Crippen LogP contribution in [0, 0.1) is 23.2 Å². The van der Waals surface area contributed by atoms with Gasteiger partial charge < -0.3 is 0 Å². The van der Waals surface area contributed by atoms with Crippen molar-refractivity contribution in [3.8, 4) is 0 Å². The maximum absolute atomic E-state index is 2.39. The normalized spacial score (nSPS) is 17.5. The number of hydrogen-bond donors (Lipinski definition) is 0. The van der Waals surface area contributed by atoms with Crippen LogP contribution in [-0.4, -0.2) is 0 Å². The van der Waals surface area contributed by atoms with Crippen molar-refractivity contribution in [1.29, 1.82) is 0 Å². The molecule has 0 aromatic heterocycles. The fraction of sp³-hybridized carbons (Fsp3) is 1.00. The average molecular weight is 184 g/mol. The topological polar surface area (TPSA) is 0 Å². The standard InChI is InChI=1S/C13H28/c1-10(2)8-11(3)9-12(4)13(5,6)7/h10-12H,8-9H2,1-7H3. The van der Waals surface area contributed by atoms with E-state index in [-0.39, 0.29) is 0 Å². The zero-order chi connectivity index (χ0) is 10.6. The van der Waals surface area contributed by atoms with Gasteiger partial charge in [-0.3, -0.25) is 0 Å². The van der Waals surface area contributed by atoms with Crippen LogP contribution < -0.4 is 0 Å². The van der Waals surface area contributed by atoms with E-state index in [1.807, 2.05) is 0 Å². The molecule has 0 nitrogen and oxygen atoms in total. The molecule has 0 radical (unpaired) electrons. The molecule has 13 heavy (non-hydrogen) atoms. The minimum Gasteiger partial charge on any atom is -0.0628 e. The molecule has 0 aliphatic rings. The third-order valence-electron chi connectivity index (χ3n) is 3.11. The SMILES string of the molecule is CC(C)CC(C)CC(C)C(C)(C)C. The molecule has 0 aliphatic heterocycles. The van der Waals surface area contributed by atoms with Crippen LogP contribution in [0.2, 0.25) is 0 Å². The van der Waals surface area contributed by atoms with Crippen LogP contribution in [0.1, 0.15) is 61.3 Å². The van der Waals surface area contributed by atoms with Crippen molar-refractivity contribution < 1.29 is 0 Å². The van der Waals surface area contributed by atoms with Crippen LogP contribution in [0.3, 0.4) is 0 Å². The van der Waals surface area contributed by atoms with E-state index in [2.05, 4.69) is 48.5 Å². The second-order valence-corrected chi connectivity index (χ2v) is 6.24. The molecule has 2 unspecified atom stereocenters. The van der Waals surface area contributed by atoms with E-state index in [0.717, 1.165) is 17.8 Å². The van der Waals surface area contributed by atoms with Gasteiger partial charge in [0.25, 0.3) is 0 Å². The lowest BCUT2D eigenvalue weighted by Crippen LogP contribution is -2.20. The lowest BCUT2D eigenvalue weighted by atomic mass is 9.76. The molecule has 0 aromatic carbocycles. The maximum Gasteiger partial charge on any atom is -0.0357 e. The molecule has 0 fully saturated rings. The van der Waals surface area contributed by atoms with Crippen LogP contribution in [-0.2, 0) is 0 Å². The lowest BCUT2D eigenvalue weighted by molar-refractivity contribution is 0.209. The molecular weight excluding hydrogens is 156 g/mol. The molecule has 0 heterocycles. The summed E-state index contributed by atoms with van der Waals surface area (Å²) in [6.07, 6.45) is 2.75. The third kappa shape index (κ3) is 6.12. The summed E-state index contributed by atoms with van der Waals surface area (Å²) >= 11 is 0. The maximum atomic E-state index is 2.39. The number of hydrogen-bond acceptors (Lipinski definition) is 0. The fourth-order valence-electron chi connectivity index (χ4n) is 1.86. The molecule has 0 heteroatoms. The Hall–Kier alpha value is 0. The Labute approximate surface area is 85.1 Å². The van der Waals surface area contributed by atoms with E-state index in [4.69, 9.17) is 0 Å². The molecule has 0 amide bonds. The number of rotatable bonds is 4. The summed E-state index contributed by atoms with van der Waals surface area (Å²) in [6, 6.07) is 0. The molecule has 0 bridgehead atoms. The van der Waals surface area contributed by atoms with Gasteiger partial charge in [-0.25, -0.2) is 0 Å². The Morgan fingerprint density at radius 2 is 1.31 bits per heavy atom. The summed E-state index contributed by atoms with van der Waals surface area (Å²) < 4.78 is 0. The highest BCUT2D eigenvalue weighted by atomic mass is 14.3. The quantitative estimate of drug-likeness (QED) is 0.592. The van der Waals surface area contributed by atoms with E-state index in [0.29, 0.717) is 5.41 Å². The zero-order valence-corrected chi connectivity index (χ0v) is 10.6. The Bertz CT molecular complexity index is 127. The van der Waals surface area contributed by atoms with Crippen molar-refractivity contribution >= 4 is 0 Å². The van der Waals surface area contributed by atoms with E-state index in [1.54, 1.807) is 0 Å². The first-order chi connectivity index (χ1) is 5.73. The average Bonchev–Trinajstić information content (AvgIpc) is 1.82. The van der Waals surface area contributed by atoms with Gasteiger partial charge in [0.15, 0.2) is 0 Å². The van der Waals surface area contributed by atoms with Crippen molar-refractivity contribution in [3.63, 3.8) is 0 Å². The minimum atomic E-state index is 0.477. The second kappa shape index (κ2) is 5.02. The van der Waals surface area contributed by atoms with Crippen molar-refractivity contribution in [2.45, 2.75) is 61.3 Å². The van der Waals surface area contributed by atoms with Gasteiger partial charge in [0.2, 0.25) is 0 Å². The van der Waals surface area contributed by atoms with E-state index in [1.165, 1.54) is 12.8 Å². The minimum absolute atomic E-state index is 0.477. The van der Waals surface area contributed by atoms with Crippen molar-refractivity contribution in [2.75, 3.05) is 0 Å². The molecule has 0 saturated carbocycles. The Morgan fingerprint density at radius 3 is 1.62 bits per heavy atom. The molecular formula is C13H28. The second-order valence-electron chi connectivity index (χ2n) is 6.24. The molecule has 2 atom stereocenters. The van der Waals surface area contributed by atoms with Gasteiger partial charge in [0.05, 0.1) is 0 Å². The Kier molecular flexibility index (Phi) is 5.02. The van der Waals surface area contributed by atoms with Gasteiger partial charge >= 0.3 is 0 Å². The zero-order valence-electron chi connectivity index (χ0n) is 10.6. The van der Waals surface area contributed by atoms with Gasteiger partial charge in [0, 0.05) is 0 Å². The smallest absolute Gasteiger partial charge is 0.0357 e. The monoisotopic (exact) mass is 184 g/mol. The van der Waals surface area contributed by atoms with Gasteiger partial charge in [0.1, 0.15) is 0 Å². The molecule has 0 saturated heterocycles. The molecule has 0 aliphatic carbocycles. The first-order valence-corrected chi connectivity index (χ1v) is 5.73. The summed E-state index contributed by atoms with van der Waals surface area (Å²) in [5, 5.41) is 0. The highest BCUT2D eigenvalue weighted by Gasteiger charge is 2.21. The Balaban J connectivity index is 3.85. The van der Waals surface area contributed by atoms with Crippen LogP contribution in [0.5, 0.6) is 0 Å². The van der Waals surface area contributed by atoms with Crippen LogP contribution in [0.15, 0.2) is 0 Å². The lowest BCUT2D eigenvalue weighted by Gasteiger charge is -2.30. The summed E-state index contributed by atoms with van der Waals surface area (Å²) in [6.45, 7) is 16.5.